The molecule has 0 amide bonds. The lowest BCUT2D eigenvalue weighted by molar-refractivity contribution is 0.304. The topological polar surface area (TPSA) is 24.7 Å². The largest absolute Gasteiger partial charge is 0.222 e. The van der Waals surface area contributed by atoms with E-state index in [2.05, 4.69) is 16.0 Å². The zero-order valence-electron chi connectivity index (χ0n) is 11.2. The van der Waals surface area contributed by atoms with E-state index in [9.17, 15) is 0 Å². The van der Waals surface area contributed by atoms with E-state index in [1.165, 1.54) is 25.7 Å². The van der Waals surface area contributed by atoms with Gasteiger partial charge in [-0.3, -0.25) is 0 Å². The van der Waals surface area contributed by atoms with Crippen LogP contribution in [0.1, 0.15) is 64.2 Å². The van der Waals surface area contributed by atoms with Crippen LogP contribution < -0.4 is 0 Å². The fourth-order valence-corrected chi connectivity index (χ4v) is 3.71. The number of alkyl halides is 3. The van der Waals surface area contributed by atoms with Crippen LogP contribution in [0.2, 0.25) is 0 Å². The van der Waals surface area contributed by atoms with Crippen molar-refractivity contribution in [1.29, 1.82) is 0 Å². The van der Waals surface area contributed by atoms with Gasteiger partial charge >= 0.3 is 0 Å². The summed E-state index contributed by atoms with van der Waals surface area (Å²) in [6, 6.07) is 3.24. The van der Waals surface area contributed by atoms with Gasteiger partial charge in [-0.2, -0.15) is 0 Å². The maximum Gasteiger partial charge on any atom is 0.216 e. The van der Waals surface area contributed by atoms with Crippen LogP contribution in [0.4, 0.5) is 0 Å². The van der Waals surface area contributed by atoms with Gasteiger partial charge in [-0.15, -0.1) is 0 Å². The highest BCUT2D eigenvalue weighted by molar-refractivity contribution is 6.68. The molecule has 0 aromatic heterocycles. The van der Waals surface area contributed by atoms with Gasteiger partial charge in [0.25, 0.3) is 0 Å². The molecular formula is C14H21Cl3N2. The number of halogens is 3. The molecule has 0 heterocycles. The second-order valence-corrected chi connectivity index (χ2v) is 8.00. The quantitative estimate of drug-likeness (QED) is 0.469. The second-order valence-electron chi connectivity index (χ2n) is 5.72. The molecule has 2 aliphatic carbocycles. The first-order valence-electron chi connectivity index (χ1n) is 7.27. The van der Waals surface area contributed by atoms with Gasteiger partial charge < -0.3 is 0 Å². The van der Waals surface area contributed by atoms with E-state index in [-0.39, 0.29) is 0 Å². The minimum atomic E-state index is -1.36. The Bertz CT molecular complexity index is 344. The fourth-order valence-electron chi connectivity index (χ4n) is 3.01. The van der Waals surface area contributed by atoms with Crippen molar-refractivity contribution in [3.05, 3.63) is 0 Å². The molecule has 2 fully saturated rings. The summed E-state index contributed by atoms with van der Waals surface area (Å²) in [5, 5.41) is 0. The fraction of sp³-hybridized carbons (Fsp3) is 0.929. The van der Waals surface area contributed by atoms with E-state index < -0.39 is 9.33 Å². The molecule has 0 unspecified atom stereocenters. The van der Waals surface area contributed by atoms with E-state index in [4.69, 9.17) is 34.8 Å². The molecule has 0 radical (unpaired) electrons. The molecule has 0 atom stereocenters. The van der Waals surface area contributed by atoms with Crippen LogP contribution >= 0.6 is 34.8 Å². The molecule has 0 spiro atoms. The molecule has 2 rings (SSSR count). The van der Waals surface area contributed by atoms with Gasteiger partial charge in [0.05, 0.1) is 12.1 Å². The van der Waals surface area contributed by atoms with Gasteiger partial charge in [-0.1, -0.05) is 73.3 Å². The predicted molar refractivity (Wildman–Crippen MR) is 82.8 cm³/mol. The Hall–Kier alpha value is 0.250. The summed E-state index contributed by atoms with van der Waals surface area (Å²) < 4.78 is -1.36. The lowest BCUT2D eigenvalue weighted by Gasteiger charge is -2.37. The third-order valence-electron chi connectivity index (χ3n) is 4.29. The minimum Gasteiger partial charge on any atom is -0.222 e. The van der Waals surface area contributed by atoms with Crippen molar-refractivity contribution in [2.75, 3.05) is 0 Å². The highest BCUT2D eigenvalue weighted by Crippen LogP contribution is 2.48. The average Bonchev–Trinajstić information content (AvgIpc) is 2.40. The predicted octanol–water partition coefficient (Wildman–Crippen LogP) is 5.57. The maximum absolute atomic E-state index is 6.15. The van der Waals surface area contributed by atoms with Gasteiger partial charge in [-0.25, -0.2) is 9.98 Å². The Morgan fingerprint density at radius 2 is 1.47 bits per heavy atom. The summed E-state index contributed by atoms with van der Waals surface area (Å²) in [6.45, 7) is 0. The maximum atomic E-state index is 6.15. The van der Waals surface area contributed by atoms with Crippen LogP contribution in [0, 0.1) is 0 Å². The summed E-state index contributed by atoms with van der Waals surface area (Å²) >= 11 is 18.4. The minimum absolute atomic E-state index is 0.369. The molecule has 0 aliphatic heterocycles. The van der Waals surface area contributed by atoms with Crippen LogP contribution in [0.3, 0.4) is 0 Å². The summed E-state index contributed by atoms with van der Waals surface area (Å²) in [4.78, 5) is 8.91. The molecule has 0 N–H and O–H groups in total. The molecule has 2 nitrogen and oxygen atoms in total. The van der Waals surface area contributed by atoms with Crippen LogP contribution in [0.25, 0.3) is 0 Å². The number of hydrogen-bond acceptors (Lipinski definition) is 2. The zero-order valence-corrected chi connectivity index (χ0v) is 13.4. The smallest absolute Gasteiger partial charge is 0.216 e. The van der Waals surface area contributed by atoms with Gasteiger partial charge in [0.1, 0.15) is 5.54 Å². The third-order valence-corrected chi connectivity index (χ3v) is 5.34. The Balaban J connectivity index is 2.08. The Kier molecular flexibility index (Phi) is 5.60. The summed E-state index contributed by atoms with van der Waals surface area (Å²) in [7, 11) is 0. The lowest BCUT2D eigenvalue weighted by Crippen LogP contribution is -2.42. The molecule has 0 aromatic rings. The Labute approximate surface area is 130 Å². The van der Waals surface area contributed by atoms with E-state index in [0.717, 1.165) is 38.5 Å². The first kappa shape index (κ1) is 15.6. The molecular weight excluding hydrogens is 303 g/mol. The van der Waals surface area contributed by atoms with E-state index in [1.807, 2.05) is 0 Å². The lowest BCUT2D eigenvalue weighted by atomic mass is 9.83. The molecule has 2 saturated carbocycles. The van der Waals surface area contributed by atoms with Gasteiger partial charge in [0.2, 0.25) is 3.79 Å². The number of rotatable bonds is 2. The molecule has 5 heteroatoms. The normalized spacial score (nSPS) is 24.6. The van der Waals surface area contributed by atoms with Crippen molar-refractivity contribution < 1.29 is 0 Å². The zero-order chi connectivity index (χ0) is 13.8. The average molecular weight is 324 g/mol. The van der Waals surface area contributed by atoms with Gasteiger partial charge in [0, 0.05) is 0 Å². The van der Waals surface area contributed by atoms with Crippen molar-refractivity contribution in [3.8, 4) is 0 Å². The van der Waals surface area contributed by atoms with E-state index in [0.29, 0.717) is 6.04 Å². The van der Waals surface area contributed by atoms with Gasteiger partial charge in [-0.05, 0) is 25.7 Å². The molecule has 19 heavy (non-hydrogen) atoms. The highest BCUT2D eigenvalue weighted by atomic mass is 35.6. The number of aliphatic imine (C=N–C) groups is 2. The van der Waals surface area contributed by atoms with Crippen LogP contribution in [0.15, 0.2) is 9.98 Å². The molecule has 0 saturated heterocycles. The van der Waals surface area contributed by atoms with E-state index in [1.54, 1.807) is 0 Å². The first-order valence-corrected chi connectivity index (χ1v) is 8.40. The van der Waals surface area contributed by atoms with Crippen molar-refractivity contribution in [2.24, 2.45) is 9.98 Å². The summed E-state index contributed by atoms with van der Waals surface area (Å²) in [6.07, 6.45) is 11.1. The van der Waals surface area contributed by atoms with Crippen LogP contribution in [-0.2, 0) is 0 Å². The molecule has 0 bridgehead atoms. The number of nitrogens with zero attached hydrogens (tertiary/aromatic N) is 2. The molecule has 108 valence electrons. The Morgan fingerprint density at radius 1 is 0.895 bits per heavy atom. The van der Waals surface area contributed by atoms with E-state index >= 15 is 0 Å². The molecule has 0 aromatic carbocycles. The Morgan fingerprint density at radius 3 is 2.05 bits per heavy atom. The molecule has 2 aliphatic rings. The van der Waals surface area contributed by atoms with Crippen molar-refractivity contribution in [1.82, 2.24) is 0 Å². The highest BCUT2D eigenvalue weighted by Gasteiger charge is 2.49. The second kappa shape index (κ2) is 6.80. The first-order chi connectivity index (χ1) is 9.04. The monoisotopic (exact) mass is 322 g/mol. The van der Waals surface area contributed by atoms with Crippen molar-refractivity contribution >= 4 is 40.8 Å². The summed E-state index contributed by atoms with van der Waals surface area (Å²) in [5.41, 5.74) is -0.617. The van der Waals surface area contributed by atoms with Crippen LogP contribution in [-0.4, -0.2) is 21.4 Å². The third kappa shape index (κ3) is 4.11. The van der Waals surface area contributed by atoms with Crippen LogP contribution in [0.5, 0.6) is 0 Å². The summed E-state index contributed by atoms with van der Waals surface area (Å²) in [5.74, 6) is 0. The van der Waals surface area contributed by atoms with Crippen molar-refractivity contribution in [2.45, 2.75) is 79.6 Å². The standard InChI is InChI=1S/C14H21Cl3N2/c15-14(16,17)13(9-5-2-6-10-13)19-11-18-12-7-3-1-4-8-12/h12H,1-10H2. The number of hydrogen-bond donors (Lipinski definition) is 0. The SMILES string of the molecule is ClC(Cl)(Cl)C1(N=C=NC2CCCCC2)CCCCC1. The van der Waals surface area contributed by atoms with Crippen molar-refractivity contribution in [3.63, 3.8) is 0 Å². The van der Waals surface area contributed by atoms with Gasteiger partial charge in [0.15, 0.2) is 0 Å².